The monoisotopic (exact) mass is 599 g/mol. The van der Waals surface area contributed by atoms with E-state index in [1.54, 1.807) is 18.3 Å². The first-order valence-electron chi connectivity index (χ1n) is 16.3. The summed E-state index contributed by atoms with van der Waals surface area (Å²) in [5.74, 6) is -0.356. The summed E-state index contributed by atoms with van der Waals surface area (Å²) in [6.45, 7) is 9.79. The van der Waals surface area contributed by atoms with Crippen LogP contribution in [0.5, 0.6) is 0 Å². The zero-order chi connectivity index (χ0) is 30.6. The molecule has 2 saturated heterocycles. The number of halogens is 1. The van der Waals surface area contributed by atoms with Gasteiger partial charge in [-0.1, -0.05) is 30.3 Å². The Bertz CT molecular complexity index is 1460. The Morgan fingerprint density at radius 3 is 2.50 bits per heavy atom. The second kappa shape index (κ2) is 13.8. The number of aromatic nitrogens is 1. The molecule has 0 unspecified atom stereocenters. The number of nitrogens with zero attached hydrogens (tertiary/aromatic N) is 3. The van der Waals surface area contributed by atoms with Gasteiger partial charge in [0, 0.05) is 29.9 Å². The van der Waals surface area contributed by atoms with Crippen molar-refractivity contribution < 1.29 is 13.9 Å². The number of hydrogen-bond donors (Lipinski definition) is 2. The Balaban J connectivity index is 1.06. The van der Waals surface area contributed by atoms with E-state index in [1.807, 2.05) is 12.1 Å². The Morgan fingerprint density at radius 2 is 1.75 bits per heavy atom. The Kier molecular flexibility index (Phi) is 9.59. The fourth-order valence-corrected chi connectivity index (χ4v) is 7.09. The molecule has 7 nitrogen and oxygen atoms in total. The fraction of sp³-hybridized carbons (Fsp3) is 0.500. The number of anilines is 1. The van der Waals surface area contributed by atoms with Crippen LogP contribution in [0.3, 0.4) is 0 Å². The van der Waals surface area contributed by atoms with Crippen LogP contribution in [0.2, 0.25) is 0 Å². The molecule has 2 aromatic carbocycles. The van der Waals surface area contributed by atoms with Gasteiger partial charge >= 0.3 is 0 Å². The molecule has 2 aliphatic heterocycles. The van der Waals surface area contributed by atoms with Gasteiger partial charge in [-0.05, 0) is 119 Å². The van der Waals surface area contributed by atoms with Crippen molar-refractivity contribution in [1.82, 2.24) is 20.1 Å². The van der Waals surface area contributed by atoms with E-state index >= 15 is 4.39 Å². The highest BCUT2D eigenvalue weighted by atomic mass is 19.1. The van der Waals surface area contributed by atoms with Crippen LogP contribution < -0.4 is 11.1 Å². The summed E-state index contributed by atoms with van der Waals surface area (Å²) in [4.78, 5) is 22.7. The molecule has 3 heterocycles. The third-order valence-corrected chi connectivity index (χ3v) is 9.96. The predicted molar refractivity (Wildman–Crippen MR) is 173 cm³/mol. The topological polar surface area (TPSA) is 83.7 Å². The zero-order valence-electron chi connectivity index (χ0n) is 26.2. The lowest BCUT2D eigenvalue weighted by atomic mass is 10.0. The number of nitrogens with two attached hydrogens (primary N) is 1. The lowest BCUT2D eigenvalue weighted by Crippen LogP contribution is -2.43. The van der Waals surface area contributed by atoms with Crippen LogP contribution in [0.4, 0.5) is 10.2 Å². The Morgan fingerprint density at radius 1 is 0.955 bits per heavy atom. The second-order valence-corrected chi connectivity index (χ2v) is 13.0. The number of carbonyl (C=O) groups excluding carboxylic acids is 1. The zero-order valence-corrected chi connectivity index (χ0v) is 26.2. The van der Waals surface area contributed by atoms with Crippen LogP contribution in [0.15, 0.2) is 48.7 Å². The molecule has 3 aromatic rings. The van der Waals surface area contributed by atoms with Crippen molar-refractivity contribution in [2.75, 3.05) is 31.9 Å². The summed E-state index contributed by atoms with van der Waals surface area (Å²) >= 11 is 0. The molecule has 1 saturated carbocycles. The number of benzene rings is 2. The molecular formula is C36H46FN5O2. The van der Waals surface area contributed by atoms with Gasteiger partial charge in [-0.15, -0.1) is 0 Å². The summed E-state index contributed by atoms with van der Waals surface area (Å²) in [7, 11) is 0. The predicted octanol–water partition coefficient (Wildman–Crippen LogP) is 6.01. The molecule has 0 bridgehead atoms. The molecule has 1 aromatic heterocycles. The van der Waals surface area contributed by atoms with E-state index in [-0.39, 0.29) is 29.7 Å². The number of hydrogen-bond acceptors (Lipinski definition) is 6. The minimum Gasteiger partial charge on any atom is -0.383 e. The smallest absolute Gasteiger partial charge is 0.255 e. The molecule has 2 atom stereocenters. The van der Waals surface area contributed by atoms with Crippen molar-refractivity contribution in [3.05, 3.63) is 82.3 Å². The average molecular weight is 600 g/mol. The van der Waals surface area contributed by atoms with Gasteiger partial charge in [0.2, 0.25) is 0 Å². The normalized spacial score (nSPS) is 21.6. The van der Waals surface area contributed by atoms with Crippen LogP contribution in [-0.2, 0) is 17.9 Å². The SMILES string of the molecule is Cc1ccc(CO[C@H]2CCC[C@@H]2NC(=O)c2cc(-c3ccc(CN4CCC(N5CCCC5)CC4)c(F)c3)cnc2N)cc1C. The first-order valence-corrected chi connectivity index (χ1v) is 16.3. The van der Waals surface area contributed by atoms with E-state index in [1.165, 1.54) is 37.1 Å². The summed E-state index contributed by atoms with van der Waals surface area (Å²) in [6, 6.07) is 14.0. The number of nitrogens with one attached hydrogen (secondary N) is 1. The van der Waals surface area contributed by atoms with Crippen LogP contribution in [0, 0.1) is 19.7 Å². The van der Waals surface area contributed by atoms with Gasteiger partial charge in [-0.3, -0.25) is 9.69 Å². The van der Waals surface area contributed by atoms with Gasteiger partial charge in [-0.25, -0.2) is 9.37 Å². The minimum absolute atomic E-state index is 0.0643. The van der Waals surface area contributed by atoms with E-state index < -0.39 is 0 Å². The van der Waals surface area contributed by atoms with E-state index in [4.69, 9.17) is 10.5 Å². The summed E-state index contributed by atoms with van der Waals surface area (Å²) in [5, 5.41) is 3.14. The van der Waals surface area contributed by atoms with Gasteiger partial charge in [0.05, 0.1) is 24.3 Å². The highest BCUT2D eigenvalue weighted by molar-refractivity contribution is 5.99. The maximum absolute atomic E-state index is 15.3. The Hall–Kier alpha value is -3.33. The molecule has 6 rings (SSSR count). The van der Waals surface area contributed by atoms with Crippen molar-refractivity contribution >= 4 is 11.7 Å². The summed E-state index contributed by atoms with van der Waals surface area (Å²) in [5.41, 5.74) is 12.1. The van der Waals surface area contributed by atoms with Gasteiger partial charge in [0.1, 0.15) is 11.6 Å². The molecule has 3 N–H and O–H groups in total. The number of likely N-dealkylation sites (tertiary alicyclic amines) is 2. The number of piperidine rings is 1. The summed E-state index contributed by atoms with van der Waals surface area (Å²) in [6.07, 6.45) is 9.21. The summed E-state index contributed by atoms with van der Waals surface area (Å²) < 4.78 is 21.6. The van der Waals surface area contributed by atoms with E-state index in [9.17, 15) is 4.79 Å². The standard InChI is InChI=1S/C36H46FN5O2/c1-24-8-9-26(18-25(24)2)23-44-34-7-5-6-33(34)40-36(43)31-19-29(21-39-35(31)38)27-10-11-28(32(37)20-27)22-41-16-12-30(13-17-41)42-14-3-4-15-42/h8-11,18-21,30,33-34H,3-7,12-17,22-23H2,1-2H3,(H2,38,39)(H,40,43)/t33-,34-/m0/s1. The highest BCUT2D eigenvalue weighted by Gasteiger charge is 2.31. The van der Waals surface area contributed by atoms with Gasteiger partial charge in [-0.2, -0.15) is 0 Å². The number of pyridine rings is 1. The van der Waals surface area contributed by atoms with Gasteiger partial charge in [0.15, 0.2) is 0 Å². The molecule has 234 valence electrons. The van der Waals surface area contributed by atoms with Crippen LogP contribution in [0.25, 0.3) is 11.1 Å². The van der Waals surface area contributed by atoms with Crippen molar-refractivity contribution in [1.29, 1.82) is 0 Å². The quantitative estimate of drug-likeness (QED) is 0.313. The van der Waals surface area contributed by atoms with E-state index in [0.29, 0.717) is 41.4 Å². The molecule has 1 aliphatic carbocycles. The van der Waals surface area contributed by atoms with Gasteiger partial charge < -0.3 is 20.7 Å². The maximum atomic E-state index is 15.3. The van der Waals surface area contributed by atoms with Crippen molar-refractivity contribution in [3.8, 4) is 11.1 Å². The lowest BCUT2D eigenvalue weighted by molar-refractivity contribution is 0.0272. The van der Waals surface area contributed by atoms with Crippen LogP contribution in [0.1, 0.15) is 77.6 Å². The number of aryl methyl sites for hydroxylation is 2. The van der Waals surface area contributed by atoms with E-state index in [0.717, 1.165) is 50.8 Å². The van der Waals surface area contributed by atoms with Crippen molar-refractivity contribution in [2.45, 2.75) is 90.1 Å². The number of ether oxygens (including phenoxy) is 1. The molecule has 0 radical (unpaired) electrons. The van der Waals surface area contributed by atoms with E-state index in [2.05, 4.69) is 52.1 Å². The maximum Gasteiger partial charge on any atom is 0.255 e. The molecule has 8 heteroatoms. The highest BCUT2D eigenvalue weighted by Crippen LogP contribution is 2.28. The van der Waals surface area contributed by atoms with Crippen LogP contribution in [-0.4, -0.2) is 65.1 Å². The van der Waals surface area contributed by atoms with Crippen molar-refractivity contribution in [3.63, 3.8) is 0 Å². The molecular weight excluding hydrogens is 553 g/mol. The average Bonchev–Trinajstić information content (AvgIpc) is 3.72. The molecule has 3 fully saturated rings. The third kappa shape index (κ3) is 7.14. The molecule has 1 amide bonds. The fourth-order valence-electron chi connectivity index (χ4n) is 7.09. The largest absolute Gasteiger partial charge is 0.383 e. The first kappa shape index (κ1) is 30.7. The van der Waals surface area contributed by atoms with Crippen LogP contribution >= 0.6 is 0 Å². The van der Waals surface area contributed by atoms with Gasteiger partial charge in [0.25, 0.3) is 5.91 Å². The Labute approximate surface area is 261 Å². The third-order valence-electron chi connectivity index (χ3n) is 9.96. The second-order valence-electron chi connectivity index (χ2n) is 13.0. The molecule has 3 aliphatic rings. The number of carbonyl (C=O) groups is 1. The number of rotatable bonds is 9. The first-order chi connectivity index (χ1) is 21.3. The lowest BCUT2D eigenvalue weighted by Gasteiger charge is -2.36. The van der Waals surface area contributed by atoms with Crippen molar-refractivity contribution in [2.24, 2.45) is 0 Å². The minimum atomic E-state index is -0.280. The number of nitrogen functional groups attached to an aromatic ring is 1. The molecule has 0 spiro atoms. The molecule has 44 heavy (non-hydrogen) atoms. The number of amides is 1.